The van der Waals surface area contributed by atoms with E-state index < -0.39 is 11.5 Å². The molecular formula is C12H16N2O4. The van der Waals surface area contributed by atoms with Crippen molar-refractivity contribution < 1.29 is 19.1 Å². The maximum Gasteiger partial charge on any atom is 0.371 e. The number of nitrogens with one attached hydrogen (secondary N) is 1. The molecule has 1 saturated carbocycles. The second-order valence-corrected chi connectivity index (χ2v) is 4.62. The van der Waals surface area contributed by atoms with Crippen molar-refractivity contribution in [1.29, 1.82) is 0 Å². The van der Waals surface area contributed by atoms with Crippen LogP contribution >= 0.6 is 0 Å². The molecule has 98 valence electrons. The molecule has 0 aliphatic heterocycles. The fraction of sp³-hybridized carbons (Fsp3) is 0.500. The van der Waals surface area contributed by atoms with Crippen molar-refractivity contribution in [3.63, 3.8) is 0 Å². The molecule has 1 aromatic rings. The van der Waals surface area contributed by atoms with E-state index in [-0.39, 0.29) is 18.2 Å². The van der Waals surface area contributed by atoms with E-state index >= 15 is 0 Å². The minimum atomic E-state index is -1.13. The predicted molar refractivity (Wildman–Crippen MR) is 62.9 cm³/mol. The molecular weight excluding hydrogens is 236 g/mol. The molecule has 0 aromatic carbocycles. The van der Waals surface area contributed by atoms with Crippen LogP contribution in [-0.4, -0.2) is 22.5 Å². The molecule has 6 nitrogen and oxygen atoms in total. The summed E-state index contributed by atoms with van der Waals surface area (Å²) >= 11 is 0. The molecule has 0 atom stereocenters. The monoisotopic (exact) mass is 252 g/mol. The minimum Gasteiger partial charge on any atom is -0.475 e. The van der Waals surface area contributed by atoms with E-state index in [0.29, 0.717) is 18.6 Å². The largest absolute Gasteiger partial charge is 0.475 e. The Morgan fingerprint density at radius 2 is 2.06 bits per heavy atom. The smallest absolute Gasteiger partial charge is 0.371 e. The third-order valence-corrected chi connectivity index (χ3v) is 3.24. The van der Waals surface area contributed by atoms with Gasteiger partial charge in [0.05, 0.1) is 12.1 Å². The van der Waals surface area contributed by atoms with Crippen molar-refractivity contribution in [2.75, 3.05) is 0 Å². The summed E-state index contributed by atoms with van der Waals surface area (Å²) in [4.78, 5) is 22.5. The summed E-state index contributed by atoms with van der Waals surface area (Å²) in [6.07, 6.45) is 3.32. The van der Waals surface area contributed by atoms with Gasteiger partial charge in [-0.1, -0.05) is 12.8 Å². The Balaban J connectivity index is 1.90. The number of aromatic carboxylic acids is 1. The summed E-state index contributed by atoms with van der Waals surface area (Å²) < 4.78 is 5.04. The SMILES string of the molecule is NC1(C(=O)NCc2ccc(C(=O)O)o2)CCCC1. The molecule has 1 amide bonds. The van der Waals surface area contributed by atoms with Crippen LogP contribution in [-0.2, 0) is 11.3 Å². The molecule has 0 bridgehead atoms. The van der Waals surface area contributed by atoms with Crippen LogP contribution in [0.4, 0.5) is 0 Å². The molecule has 4 N–H and O–H groups in total. The van der Waals surface area contributed by atoms with E-state index in [0.717, 1.165) is 12.8 Å². The van der Waals surface area contributed by atoms with Crippen molar-refractivity contribution in [3.8, 4) is 0 Å². The minimum absolute atomic E-state index is 0.137. The average molecular weight is 252 g/mol. The maximum atomic E-state index is 11.9. The summed E-state index contributed by atoms with van der Waals surface area (Å²) in [6, 6.07) is 2.89. The van der Waals surface area contributed by atoms with E-state index in [9.17, 15) is 9.59 Å². The van der Waals surface area contributed by atoms with Gasteiger partial charge in [-0.3, -0.25) is 4.79 Å². The zero-order chi connectivity index (χ0) is 13.2. The zero-order valence-electron chi connectivity index (χ0n) is 9.94. The number of rotatable bonds is 4. The summed E-state index contributed by atoms with van der Waals surface area (Å²) in [7, 11) is 0. The van der Waals surface area contributed by atoms with E-state index in [1.54, 1.807) is 0 Å². The second kappa shape index (κ2) is 4.81. The van der Waals surface area contributed by atoms with Crippen LogP contribution in [0.2, 0.25) is 0 Å². The number of furan rings is 1. The normalized spacial score (nSPS) is 17.6. The summed E-state index contributed by atoms with van der Waals surface area (Å²) in [5.41, 5.74) is 5.21. The number of carbonyl (C=O) groups excluding carboxylic acids is 1. The Hall–Kier alpha value is -1.82. The molecule has 0 unspecified atom stereocenters. The van der Waals surface area contributed by atoms with Crippen molar-refractivity contribution in [2.24, 2.45) is 5.73 Å². The second-order valence-electron chi connectivity index (χ2n) is 4.62. The fourth-order valence-electron chi connectivity index (χ4n) is 2.16. The number of carboxylic acids is 1. The quantitative estimate of drug-likeness (QED) is 0.737. The lowest BCUT2D eigenvalue weighted by atomic mass is 9.98. The molecule has 6 heteroatoms. The highest BCUT2D eigenvalue weighted by molar-refractivity contribution is 5.86. The number of carbonyl (C=O) groups is 2. The Morgan fingerprint density at radius 1 is 1.39 bits per heavy atom. The van der Waals surface area contributed by atoms with Gasteiger partial charge < -0.3 is 20.6 Å². The lowest BCUT2D eigenvalue weighted by Gasteiger charge is -2.21. The average Bonchev–Trinajstić information content (AvgIpc) is 2.95. The van der Waals surface area contributed by atoms with E-state index in [1.165, 1.54) is 12.1 Å². The summed E-state index contributed by atoms with van der Waals surface area (Å²) in [5, 5.41) is 11.4. The molecule has 0 spiro atoms. The van der Waals surface area contributed by atoms with Crippen molar-refractivity contribution >= 4 is 11.9 Å². The maximum absolute atomic E-state index is 11.9. The van der Waals surface area contributed by atoms with Crippen LogP contribution in [0, 0.1) is 0 Å². The van der Waals surface area contributed by atoms with Gasteiger partial charge in [0.2, 0.25) is 11.7 Å². The van der Waals surface area contributed by atoms with Gasteiger partial charge in [-0.25, -0.2) is 4.79 Å². The Kier molecular flexibility index (Phi) is 3.38. The first-order valence-electron chi connectivity index (χ1n) is 5.90. The first-order valence-corrected chi connectivity index (χ1v) is 5.90. The molecule has 1 fully saturated rings. The number of amides is 1. The number of carboxylic acid groups (broad SMARTS) is 1. The Bertz CT molecular complexity index is 460. The third kappa shape index (κ3) is 2.53. The standard InChI is InChI=1S/C12H16N2O4/c13-12(5-1-2-6-12)11(17)14-7-8-3-4-9(18-8)10(15)16/h3-4H,1-2,5-7,13H2,(H,14,17)(H,15,16). The van der Waals surface area contributed by atoms with Crippen LogP contribution in [0.5, 0.6) is 0 Å². The topological polar surface area (TPSA) is 106 Å². The van der Waals surface area contributed by atoms with Gasteiger partial charge >= 0.3 is 5.97 Å². The predicted octanol–water partition coefficient (Wildman–Crippen LogP) is 0.865. The molecule has 1 aliphatic carbocycles. The Labute approximate surface area is 104 Å². The first-order chi connectivity index (χ1) is 8.51. The van der Waals surface area contributed by atoms with Gasteiger partial charge in [0.1, 0.15) is 5.76 Å². The van der Waals surface area contributed by atoms with Gasteiger partial charge in [0.15, 0.2) is 0 Å². The zero-order valence-corrected chi connectivity index (χ0v) is 9.94. The molecule has 2 rings (SSSR count). The van der Waals surface area contributed by atoms with Gasteiger partial charge in [-0.05, 0) is 25.0 Å². The molecule has 1 aliphatic rings. The highest BCUT2D eigenvalue weighted by atomic mass is 16.4. The lowest BCUT2D eigenvalue weighted by molar-refractivity contribution is -0.126. The number of hydrogen-bond donors (Lipinski definition) is 3. The van der Waals surface area contributed by atoms with E-state index in [2.05, 4.69) is 5.32 Å². The lowest BCUT2D eigenvalue weighted by Crippen LogP contribution is -2.51. The third-order valence-electron chi connectivity index (χ3n) is 3.24. The molecule has 18 heavy (non-hydrogen) atoms. The van der Waals surface area contributed by atoms with Crippen molar-refractivity contribution in [1.82, 2.24) is 5.32 Å². The highest BCUT2D eigenvalue weighted by Crippen LogP contribution is 2.27. The summed E-state index contributed by atoms with van der Waals surface area (Å²) in [5.74, 6) is -1.06. The van der Waals surface area contributed by atoms with Gasteiger partial charge in [-0.15, -0.1) is 0 Å². The van der Waals surface area contributed by atoms with Crippen molar-refractivity contribution in [2.45, 2.75) is 37.8 Å². The number of hydrogen-bond acceptors (Lipinski definition) is 4. The number of nitrogens with two attached hydrogens (primary N) is 1. The first kappa shape index (κ1) is 12.6. The highest BCUT2D eigenvalue weighted by Gasteiger charge is 2.36. The molecule has 0 radical (unpaired) electrons. The van der Waals surface area contributed by atoms with Crippen LogP contribution in [0.3, 0.4) is 0 Å². The van der Waals surface area contributed by atoms with Crippen LogP contribution < -0.4 is 11.1 Å². The summed E-state index contributed by atoms with van der Waals surface area (Å²) in [6.45, 7) is 0.158. The molecule has 1 heterocycles. The van der Waals surface area contributed by atoms with Crippen molar-refractivity contribution in [3.05, 3.63) is 23.7 Å². The van der Waals surface area contributed by atoms with E-state index in [1.807, 2.05) is 0 Å². The van der Waals surface area contributed by atoms with Gasteiger partial charge in [-0.2, -0.15) is 0 Å². The van der Waals surface area contributed by atoms with E-state index in [4.69, 9.17) is 15.3 Å². The van der Waals surface area contributed by atoms with Crippen LogP contribution in [0.25, 0.3) is 0 Å². The fourth-order valence-corrected chi connectivity index (χ4v) is 2.16. The molecule has 1 aromatic heterocycles. The Morgan fingerprint density at radius 3 is 2.61 bits per heavy atom. The van der Waals surface area contributed by atoms with Crippen LogP contribution in [0.15, 0.2) is 16.5 Å². The van der Waals surface area contributed by atoms with Gasteiger partial charge in [0.25, 0.3) is 0 Å². The molecule has 0 saturated heterocycles. The van der Waals surface area contributed by atoms with Gasteiger partial charge in [0, 0.05) is 0 Å². The van der Waals surface area contributed by atoms with Crippen LogP contribution in [0.1, 0.15) is 42.0 Å².